The Hall–Kier alpha value is -2.73. The third kappa shape index (κ3) is 4.10. The lowest BCUT2D eigenvalue weighted by atomic mass is 10.0. The standard InChI is InChI=1S/C23H25ClN2O4/c1-29-19-12-20(30-2)18(11-17(19)24)26-13-16(10-21(26)27)23(28)25-22(15-8-9-15)14-6-4-3-5-7-14/h3-7,11-12,15-16,22H,8-10,13H2,1-2H3,(H,25,28). The van der Waals surface area contributed by atoms with Crippen LogP contribution in [0.2, 0.25) is 5.02 Å². The molecule has 6 nitrogen and oxygen atoms in total. The Morgan fingerprint density at radius 3 is 2.47 bits per heavy atom. The predicted octanol–water partition coefficient (Wildman–Crippen LogP) is 3.98. The number of amides is 2. The van der Waals surface area contributed by atoms with Crippen molar-refractivity contribution in [2.45, 2.75) is 25.3 Å². The molecule has 1 aliphatic carbocycles. The number of rotatable bonds is 7. The summed E-state index contributed by atoms with van der Waals surface area (Å²) < 4.78 is 10.7. The van der Waals surface area contributed by atoms with Crippen LogP contribution in [0, 0.1) is 11.8 Å². The fourth-order valence-electron chi connectivity index (χ4n) is 4.01. The van der Waals surface area contributed by atoms with Crippen LogP contribution in [0.1, 0.15) is 30.9 Å². The van der Waals surface area contributed by atoms with E-state index in [1.54, 1.807) is 17.0 Å². The van der Waals surface area contributed by atoms with Gasteiger partial charge in [0.05, 0.1) is 36.9 Å². The molecule has 30 heavy (non-hydrogen) atoms. The number of benzene rings is 2. The zero-order valence-corrected chi connectivity index (χ0v) is 17.8. The van der Waals surface area contributed by atoms with E-state index in [1.807, 2.05) is 30.3 Å². The Morgan fingerprint density at radius 1 is 1.13 bits per heavy atom. The predicted molar refractivity (Wildman–Crippen MR) is 115 cm³/mol. The fourth-order valence-corrected chi connectivity index (χ4v) is 4.24. The normalized spacial score (nSPS) is 19.5. The smallest absolute Gasteiger partial charge is 0.227 e. The zero-order valence-electron chi connectivity index (χ0n) is 17.1. The maximum atomic E-state index is 13.0. The fraction of sp³-hybridized carbons (Fsp3) is 0.391. The highest BCUT2D eigenvalue weighted by Crippen LogP contribution is 2.42. The van der Waals surface area contributed by atoms with Gasteiger partial charge in [-0.1, -0.05) is 41.9 Å². The van der Waals surface area contributed by atoms with E-state index >= 15 is 0 Å². The first kappa shape index (κ1) is 20.5. The minimum absolute atomic E-state index is 0.00665. The topological polar surface area (TPSA) is 67.9 Å². The third-order valence-corrected chi connectivity index (χ3v) is 6.09. The molecule has 2 aliphatic rings. The molecule has 2 aromatic rings. The Bertz CT molecular complexity index is 946. The van der Waals surface area contributed by atoms with Gasteiger partial charge >= 0.3 is 0 Å². The van der Waals surface area contributed by atoms with Gasteiger partial charge in [-0.3, -0.25) is 9.59 Å². The van der Waals surface area contributed by atoms with Crippen LogP contribution in [0.3, 0.4) is 0 Å². The largest absolute Gasteiger partial charge is 0.495 e. The number of carbonyl (C=O) groups is 2. The van der Waals surface area contributed by atoms with Crippen molar-refractivity contribution >= 4 is 29.1 Å². The molecule has 1 heterocycles. The van der Waals surface area contributed by atoms with E-state index in [-0.39, 0.29) is 30.8 Å². The van der Waals surface area contributed by atoms with Crippen LogP contribution in [0.15, 0.2) is 42.5 Å². The number of hydrogen-bond donors (Lipinski definition) is 1. The number of carbonyl (C=O) groups excluding carboxylic acids is 2. The minimum Gasteiger partial charge on any atom is -0.495 e. The number of nitrogens with zero attached hydrogens (tertiary/aromatic N) is 1. The van der Waals surface area contributed by atoms with Crippen LogP contribution in [0.25, 0.3) is 0 Å². The van der Waals surface area contributed by atoms with E-state index in [4.69, 9.17) is 21.1 Å². The molecule has 1 saturated heterocycles. The molecule has 2 unspecified atom stereocenters. The van der Waals surface area contributed by atoms with Crippen molar-refractivity contribution in [3.8, 4) is 11.5 Å². The van der Waals surface area contributed by atoms with Crippen molar-refractivity contribution in [1.82, 2.24) is 5.32 Å². The maximum absolute atomic E-state index is 13.0. The molecule has 2 aromatic carbocycles. The summed E-state index contributed by atoms with van der Waals surface area (Å²) in [5.41, 5.74) is 1.66. The van der Waals surface area contributed by atoms with Gasteiger partial charge in [-0.2, -0.15) is 0 Å². The van der Waals surface area contributed by atoms with Crippen molar-refractivity contribution in [3.63, 3.8) is 0 Å². The second kappa shape index (κ2) is 8.56. The van der Waals surface area contributed by atoms with Crippen molar-refractivity contribution < 1.29 is 19.1 Å². The number of hydrogen-bond acceptors (Lipinski definition) is 4. The molecule has 2 fully saturated rings. The highest BCUT2D eigenvalue weighted by atomic mass is 35.5. The molecular formula is C23H25ClN2O4. The number of methoxy groups -OCH3 is 2. The van der Waals surface area contributed by atoms with Gasteiger partial charge in [0, 0.05) is 19.0 Å². The second-order valence-electron chi connectivity index (χ2n) is 7.80. The Labute approximate surface area is 181 Å². The Balaban J connectivity index is 1.51. The van der Waals surface area contributed by atoms with Gasteiger partial charge in [0.2, 0.25) is 11.8 Å². The monoisotopic (exact) mass is 428 g/mol. The van der Waals surface area contributed by atoms with Crippen LogP contribution in [-0.2, 0) is 9.59 Å². The van der Waals surface area contributed by atoms with E-state index in [0.29, 0.717) is 28.1 Å². The minimum atomic E-state index is -0.423. The molecule has 1 aliphatic heterocycles. The Morgan fingerprint density at radius 2 is 1.83 bits per heavy atom. The van der Waals surface area contributed by atoms with Gasteiger partial charge in [0.15, 0.2) is 0 Å². The van der Waals surface area contributed by atoms with Gasteiger partial charge in [-0.15, -0.1) is 0 Å². The van der Waals surface area contributed by atoms with Crippen molar-refractivity contribution in [3.05, 3.63) is 53.1 Å². The first-order chi connectivity index (χ1) is 14.5. The van der Waals surface area contributed by atoms with Crippen molar-refractivity contribution in [1.29, 1.82) is 0 Å². The quantitative estimate of drug-likeness (QED) is 0.724. The summed E-state index contributed by atoms with van der Waals surface area (Å²) >= 11 is 6.26. The molecular weight excluding hydrogens is 404 g/mol. The van der Waals surface area contributed by atoms with E-state index in [0.717, 1.165) is 18.4 Å². The van der Waals surface area contributed by atoms with Gasteiger partial charge in [-0.05, 0) is 30.4 Å². The molecule has 0 aromatic heterocycles. The maximum Gasteiger partial charge on any atom is 0.227 e. The number of halogens is 1. The number of nitrogens with one attached hydrogen (secondary N) is 1. The molecule has 7 heteroatoms. The third-order valence-electron chi connectivity index (χ3n) is 5.79. The highest BCUT2D eigenvalue weighted by Gasteiger charge is 2.39. The summed E-state index contributed by atoms with van der Waals surface area (Å²) in [6.07, 6.45) is 2.37. The molecule has 2 atom stereocenters. The summed E-state index contributed by atoms with van der Waals surface area (Å²) in [5.74, 6) is 0.764. The van der Waals surface area contributed by atoms with Crippen LogP contribution in [0.5, 0.6) is 11.5 Å². The highest BCUT2D eigenvalue weighted by molar-refractivity contribution is 6.32. The summed E-state index contributed by atoms with van der Waals surface area (Å²) in [7, 11) is 3.04. The van der Waals surface area contributed by atoms with E-state index in [9.17, 15) is 9.59 Å². The van der Waals surface area contributed by atoms with Gasteiger partial charge in [0.1, 0.15) is 11.5 Å². The molecule has 158 valence electrons. The molecule has 1 saturated carbocycles. The molecule has 2 amide bonds. The van der Waals surface area contributed by atoms with E-state index in [2.05, 4.69) is 5.32 Å². The Kier molecular flexibility index (Phi) is 5.86. The van der Waals surface area contributed by atoms with Crippen molar-refractivity contribution in [2.75, 3.05) is 25.7 Å². The van der Waals surface area contributed by atoms with Gasteiger partial charge < -0.3 is 19.7 Å². The molecule has 0 bridgehead atoms. The van der Waals surface area contributed by atoms with Crippen LogP contribution in [-0.4, -0.2) is 32.6 Å². The summed E-state index contributed by atoms with van der Waals surface area (Å²) in [5, 5.41) is 3.57. The van der Waals surface area contributed by atoms with Crippen LogP contribution in [0.4, 0.5) is 5.69 Å². The first-order valence-corrected chi connectivity index (χ1v) is 10.5. The lowest BCUT2D eigenvalue weighted by molar-refractivity contribution is -0.127. The number of anilines is 1. The lowest BCUT2D eigenvalue weighted by Crippen LogP contribution is -2.36. The van der Waals surface area contributed by atoms with E-state index in [1.165, 1.54) is 14.2 Å². The average molecular weight is 429 g/mol. The lowest BCUT2D eigenvalue weighted by Gasteiger charge is -2.22. The zero-order chi connectivity index (χ0) is 21.3. The second-order valence-corrected chi connectivity index (χ2v) is 8.21. The molecule has 4 rings (SSSR count). The van der Waals surface area contributed by atoms with Gasteiger partial charge in [-0.25, -0.2) is 0 Å². The number of ether oxygens (including phenoxy) is 2. The summed E-state index contributed by atoms with van der Waals surface area (Å²) in [6.45, 7) is 0.288. The average Bonchev–Trinajstić information content (AvgIpc) is 3.53. The van der Waals surface area contributed by atoms with Crippen LogP contribution < -0.4 is 19.7 Å². The molecule has 1 N–H and O–H groups in total. The summed E-state index contributed by atoms with van der Waals surface area (Å²) in [4.78, 5) is 27.4. The van der Waals surface area contributed by atoms with Crippen molar-refractivity contribution in [2.24, 2.45) is 11.8 Å². The van der Waals surface area contributed by atoms with Gasteiger partial charge in [0.25, 0.3) is 0 Å². The first-order valence-electron chi connectivity index (χ1n) is 10.1. The summed E-state index contributed by atoms with van der Waals surface area (Å²) in [6, 6.07) is 13.3. The van der Waals surface area contributed by atoms with E-state index < -0.39 is 5.92 Å². The SMILES string of the molecule is COc1cc(OC)c(N2CC(C(=O)NC(c3ccccc3)C3CC3)CC2=O)cc1Cl. The molecule has 0 radical (unpaired) electrons. The molecule has 0 spiro atoms. The van der Waals surface area contributed by atoms with Crippen LogP contribution >= 0.6 is 11.6 Å².